The van der Waals surface area contributed by atoms with E-state index in [1.54, 1.807) is 18.2 Å². The Kier molecular flexibility index (Phi) is 8.69. The number of ether oxygens (including phenoxy) is 3. The number of anilines is 3. The number of benzene rings is 2. The van der Waals surface area contributed by atoms with E-state index in [0.29, 0.717) is 70.0 Å². The second-order valence-electron chi connectivity index (χ2n) is 10.7. The molecule has 0 saturated carbocycles. The van der Waals surface area contributed by atoms with E-state index >= 15 is 0 Å². The van der Waals surface area contributed by atoms with Crippen molar-refractivity contribution in [1.82, 2.24) is 19.9 Å². The van der Waals surface area contributed by atoms with E-state index in [0.717, 1.165) is 43.9 Å². The van der Waals surface area contributed by atoms with E-state index in [1.807, 2.05) is 37.3 Å². The molecule has 4 aromatic rings. The molecule has 43 heavy (non-hydrogen) atoms. The van der Waals surface area contributed by atoms with Crippen LogP contribution >= 0.6 is 11.6 Å². The third kappa shape index (κ3) is 7.05. The second-order valence-corrected chi connectivity index (χ2v) is 11.1. The molecular formula is C32H33ClN6O4. The standard InChI is InChI=1S/C32H33ClN6O4/c1-3-31(40)38-28-14-25-27(15-30(28)41-12-11-39-16-23-8-9-24(17-39)43-23)34-19-35-32(25)37-21-7-10-29(26(33)13-21)42-18-22-6-4-5-20(2)36-22/h3-7,10,13-15,19,23-24H,1,8-9,11-12,16-18H2,2H3,(H,38,40)(H,34,35,37). The highest BCUT2D eigenvalue weighted by molar-refractivity contribution is 6.32. The summed E-state index contributed by atoms with van der Waals surface area (Å²) in [5, 5.41) is 7.32. The van der Waals surface area contributed by atoms with Gasteiger partial charge in [0.25, 0.3) is 0 Å². The van der Waals surface area contributed by atoms with Gasteiger partial charge in [-0.3, -0.25) is 14.7 Å². The number of carbonyl (C=O) groups is 1. The van der Waals surface area contributed by atoms with Crippen molar-refractivity contribution in [3.63, 3.8) is 0 Å². The van der Waals surface area contributed by atoms with Gasteiger partial charge in [0.15, 0.2) is 0 Å². The van der Waals surface area contributed by atoms with Crippen LogP contribution in [-0.4, -0.2) is 64.2 Å². The maximum Gasteiger partial charge on any atom is 0.247 e. The molecule has 2 aliphatic rings. The molecular weight excluding hydrogens is 568 g/mol. The van der Waals surface area contributed by atoms with E-state index in [1.165, 1.54) is 12.4 Å². The first-order valence-corrected chi connectivity index (χ1v) is 14.7. The molecule has 6 rings (SSSR count). The molecule has 2 atom stereocenters. The van der Waals surface area contributed by atoms with Crippen LogP contribution in [0, 0.1) is 6.92 Å². The summed E-state index contributed by atoms with van der Waals surface area (Å²) in [7, 11) is 0. The zero-order valence-electron chi connectivity index (χ0n) is 23.9. The number of hydrogen-bond donors (Lipinski definition) is 2. The molecule has 0 spiro atoms. The summed E-state index contributed by atoms with van der Waals surface area (Å²) in [6.45, 7) is 8.89. The lowest BCUT2D eigenvalue weighted by atomic mass is 10.1. The SMILES string of the molecule is C=CC(=O)Nc1cc2c(Nc3ccc(OCc4cccc(C)n4)c(Cl)c3)ncnc2cc1OCCN1CC2CCC(C1)O2. The predicted octanol–water partition coefficient (Wildman–Crippen LogP) is 5.68. The fraction of sp³-hybridized carbons (Fsp3) is 0.312. The van der Waals surface area contributed by atoms with Crippen LogP contribution in [-0.2, 0) is 16.1 Å². The highest BCUT2D eigenvalue weighted by Crippen LogP contribution is 2.35. The summed E-state index contributed by atoms with van der Waals surface area (Å²) in [6, 6.07) is 14.8. The van der Waals surface area contributed by atoms with Crippen molar-refractivity contribution < 1.29 is 19.0 Å². The molecule has 2 bridgehead atoms. The molecule has 1 amide bonds. The number of aromatic nitrogens is 3. The quantitative estimate of drug-likeness (QED) is 0.210. The molecule has 2 saturated heterocycles. The summed E-state index contributed by atoms with van der Waals surface area (Å²) in [4.78, 5) is 28.0. The number of likely N-dealkylation sites (tertiary alicyclic amines) is 1. The zero-order valence-corrected chi connectivity index (χ0v) is 24.6. The topological polar surface area (TPSA) is 111 Å². The molecule has 2 unspecified atom stereocenters. The number of halogens is 1. The Labute approximate surface area is 255 Å². The minimum absolute atomic E-state index is 0.307. The van der Waals surface area contributed by atoms with Crippen molar-refractivity contribution in [3.05, 3.63) is 83.9 Å². The fourth-order valence-corrected chi connectivity index (χ4v) is 5.65. The number of pyridine rings is 1. The first kappa shape index (κ1) is 28.9. The highest BCUT2D eigenvalue weighted by Gasteiger charge is 2.33. The molecule has 2 aromatic carbocycles. The first-order valence-electron chi connectivity index (χ1n) is 14.3. The molecule has 2 aliphatic heterocycles. The van der Waals surface area contributed by atoms with Crippen LogP contribution in [0.4, 0.5) is 17.2 Å². The third-order valence-electron chi connectivity index (χ3n) is 7.48. The van der Waals surface area contributed by atoms with Crippen molar-refractivity contribution in [2.24, 2.45) is 0 Å². The van der Waals surface area contributed by atoms with E-state index < -0.39 is 0 Å². The molecule has 2 fully saturated rings. The van der Waals surface area contributed by atoms with E-state index in [2.05, 4.69) is 37.1 Å². The van der Waals surface area contributed by atoms with Crippen molar-refractivity contribution in [3.8, 4) is 11.5 Å². The number of rotatable bonds is 11. The summed E-state index contributed by atoms with van der Waals surface area (Å²) >= 11 is 6.55. The number of morpholine rings is 1. The number of fused-ring (bicyclic) bond motifs is 3. The van der Waals surface area contributed by atoms with Gasteiger partial charge in [0.05, 0.1) is 34.1 Å². The molecule has 2 aromatic heterocycles. The number of hydrogen-bond acceptors (Lipinski definition) is 9. The van der Waals surface area contributed by atoms with Gasteiger partial charge in [-0.25, -0.2) is 9.97 Å². The molecule has 2 N–H and O–H groups in total. The lowest BCUT2D eigenvalue weighted by molar-refractivity contribution is -0.111. The number of amides is 1. The Bertz CT molecular complexity index is 1640. The van der Waals surface area contributed by atoms with Gasteiger partial charge in [-0.05, 0) is 62.2 Å². The Balaban J connectivity index is 1.18. The number of nitrogens with one attached hydrogen (secondary N) is 2. The van der Waals surface area contributed by atoms with Gasteiger partial charge < -0.3 is 24.8 Å². The van der Waals surface area contributed by atoms with Crippen LogP contribution in [0.2, 0.25) is 5.02 Å². The van der Waals surface area contributed by atoms with Crippen LogP contribution in [0.15, 0.2) is 67.5 Å². The predicted molar refractivity (Wildman–Crippen MR) is 166 cm³/mol. The van der Waals surface area contributed by atoms with Crippen molar-refractivity contribution in [2.45, 2.75) is 38.6 Å². The second kappa shape index (κ2) is 12.9. The minimum atomic E-state index is -0.344. The summed E-state index contributed by atoms with van der Waals surface area (Å²) in [5.74, 6) is 1.27. The van der Waals surface area contributed by atoms with Crippen LogP contribution in [0.1, 0.15) is 24.2 Å². The maximum atomic E-state index is 12.3. The lowest BCUT2D eigenvalue weighted by Crippen LogP contribution is -2.44. The molecule has 0 aliphatic carbocycles. The van der Waals surface area contributed by atoms with Crippen LogP contribution in [0.5, 0.6) is 11.5 Å². The first-order chi connectivity index (χ1) is 20.9. The van der Waals surface area contributed by atoms with Gasteiger partial charge in [-0.15, -0.1) is 0 Å². The highest BCUT2D eigenvalue weighted by atomic mass is 35.5. The van der Waals surface area contributed by atoms with Gasteiger partial charge in [0.1, 0.15) is 36.9 Å². The summed E-state index contributed by atoms with van der Waals surface area (Å²) < 4.78 is 18.0. The zero-order chi connectivity index (χ0) is 29.8. The summed E-state index contributed by atoms with van der Waals surface area (Å²) in [6.07, 6.45) is 5.58. The molecule has 4 heterocycles. The van der Waals surface area contributed by atoms with Crippen molar-refractivity contribution >= 4 is 45.6 Å². The fourth-order valence-electron chi connectivity index (χ4n) is 5.41. The minimum Gasteiger partial charge on any atom is -0.490 e. The van der Waals surface area contributed by atoms with Crippen molar-refractivity contribution in [2.75, 3.05) is 36.9 Å². The third-order valence-corrected chi connectivity index (χ3v) is 7.78. The van der Waals surface area contributed by atoms with E-state index in [4.69, 9.17) is 25.8 Å². The molecule has 0 radical (unpaired) electrons. The smallest absolute Gasteiger partial charge is 0.247 e. The van der Waals surface area contributed by atoms with Gasteiger partial charge >= 0.3 is 0 Å². The summed E-state index contributed by atoms with van der Waals surface area (Å²) in [5.41, 5.74) is 3.62. The van der Waals surface area contributed by atoms with Crippen LogP contribution in [0.25, 0.3) is 10.9 Å². The number of aryl methyl sites for hydroxylation is 1. The van der Waals surface area contributed by atoms with E-state index in [-0.39, 0.29) is 5.91 Å². The monoisotopic (exact) mass is 600 g/mol. The normalized spacial score (nSPS) is 17.9. The van der Waals surface area contributed by atoms with Crippen LogP contribution in [0.3, 0.4) is 0 Å². The molecule has 10 nitrogen and oxygen atoms in total. The lowest BCUT2D eigenvalue weighted by Gasteiger charge is -2.31. The average molecular weight is 601 g/mol. The van der Waals surface area contributed by atoms with Crippen LogP contribution < -0.4 is 20.1 Å². The number of carbonyl (C=O) groups excluding carboxylic acids is 1. The van der Waals surface area contributed by atoms with Gasteiger partial charge in [-0.1, -0.05) is 24.2 Å². The molecule has 11 heteroatoms. The maximum absolute atomic E-state index is 12.3. The van der Waals surface area contributed by atoms with Gasteiger partial charge in [-0.2, -0.15) is 0 Å². The Hall–Kier alpha value is -4.25. The molecule has 222 valence electrons. The Morgan fingerprint density at radius 2 is 1.95 bits per heavy atom. The van der Waals surface area contributed by atoms with Gasteiger partial charge in [0.2, 0.25) is 5.91 Å². The Morgan fingerprint density at radius 3 is 2.72 bits per heavy atom. The van der Waals surface area contributed by atoms with Crippen molar-refractivity contribution in [1.29, 1.82) is 0 Å². The largest absolute Gasteiger partial charge is 0.490 e. The Morgan fingerprint density at radius 1 is 1.12 bits per heavy atom. The average Bonchev–Trinajstić information content (AvgIpc) is 3.34. The van der Waals surface area contributed by atoms with Gasteiger partial charge in [0, 0.05) is 42.5 Å². The number of nitrogens with zero attached hydrogens (tertiary/aromatic N) is 4. The van der Waals surface area contributed by atoms with E-state index in [9.17, 15) is 4.79 Å².